The van der Waals surface area contributed by atoms with Gasteiger partial charge in [-0.15, -0.1) is 11.3 Å². The first-order chi connectivity index (χ1) is 9.93. The molecule has 0 aliphatic rings. The van der Waals surface area contributed by atoms with Crippen LogP contribution in [0.25, 0.3) is 0 Å². The quantitative estimate of drug-likeness (QED) is 0.713. The lowest BCUT2D eigenvalue weighted by atomic mass is 10.2. The number of nitrogens with one attached hydrogen (secondary N) is 2. The molecule has 21 heavy (non-hydrogen) atoms. The summed E-state index contributed by atoms with van der Waals surface area (Å²) in [6, 6.07) is 2.87. The van der Waals surface area contributed by atoms with Crippen LogP contribution < -0.4 is 10.6 Å². The summed E-state index contributed by atoms with van der Waals surface area (Å²) in [5.74, 6) is 5.17. The molecule has 5 nitrogen and oxygen atoms in total. The molecule has 0 aromatic carbocycles. The van der Waals surface area contributed by atoms with E-state index in [0.717, 1.165) is 4.88 Å². The number of rotatable bonds is 5. The molecule has 0 bridgehead atoms. The molecule has 0 fully saturated rings. The van der Waals surface area contributed by atoms with Crippen LogP contribution in [-0.4, -0.2) is 35.6 Å². The maximum Gasteiger partial charge on any atom is 0.262 e. The number of hydrogen-bond acceptors (Lipinski definition) is 4. The fraction of sp³-hybridized carbons (Fsp3) is 0.467. The fourth-order valence-corrected chi connectivity index (χ4v) is 2.26. The summed E-state index contributed by atoms with van der Waals surface area (Å²) in [7, 11) is 0. The third-order valence-corrected chi connectivity index (χ3v) is 3.45. The van der Waals surface area contributed by atoms with Crippen molar-refractivity contribution in [3.05, 3.63) is 21.9 Å². The number of carbonyl (C=O) groups is 2. The highest BCUT2D eigenvalue weighted by atomic mass is 32.1. The lowest BCUT2D eigenvalue weighted by Gasteiger charge is -2.15. The molecule has 2 amide bonds. The molecule has 1 unspecified atom stereocenters. The maximum absolute atomic E-state index is 12.0. The molecule has 1 atom stereocenters. The van der Waals surface area contributed by atoms with E-state index in [1.807, 2.05) is 13.8 Å². The van der Waals surface area contributed by atoms with E-state index in [0.29, 0.717) is 11.3 Å². The van der Waals surface area contributed by atoms with Crippen LogP contribution in [0.5, 0.6) is 0 Å². The summed E-state index contributed by atoms with van der Waals surface area (Å²) in [6.07, 6.45) is 0.409. The number of aliphatic hydroxyl groups excluding tert-OH is 1. The van der Waals surface area contributed by atoms with E-state index in [4.69, 9.17) is 5.11 Å². The molecule has 0 spiro atoms. The first kappa shape index (κ1) is 17.2. The molecule has 0 aliphatic heterocycles. The van der Waals surface area contributed by atoms with E-state index in [9.17, 15) is 9.59 Å². The van der Waals surface area contributed by atoms with Crippen molar-refractivity contribution >= 4 is 23.2 Å². The van der Waals surface area contributed by atoms with Gasteiger partial charge < -0.3 is 15.7 Å². The topological polar surface area (TPSA) is 78.4 Å². The average molecular weight is 308 g/mol. The van der Waals surface area contributed by atoms with Crippen LogP contribution in [0.1, 0.15) is 41.7 Å². The van der Waals surface area contributed by atoms with Crippen LogP contribution in [0.15, 0.2) is 12.1 Å². The van der Waals surface area contributed by atoms with Gasteiger partial charge in [0.25, 0.3) is 5.91 Å². The van der Waals surface area contributed by atoms with Gasteiger partial charge in [0.1, 0.15) is 6.04 Å². The van der Waals surface area contributed by atoms with Crippen LogP contribution in [0, 0.1) is 11.8 Å². The van der Waals surface area contributed by atoms with Crippen LogP contribution >= 0.6 is 11.3 Å². The Hall–Kier alpha value is -1.84. The van der Waals surface area contributed by atoms with Crippen LogP contribution in [0.3, 0.4) is 0 Å². The van der Waals surface area contributed by atoms with Crippen molar-refractivity contribution in [2.75, 3.05) is 6.61 Å². The predicted octanol–water partition coefficient (Wildman–Crippen LogP) is 1.12. The summed E-state index contributed by atoms with van der Waals surface area (Å²) < 4.78 is 0. The Labute approximate surface area is 128 Å². The van der Waals surface area contributed by atoms with Gasteiger partial charge in [0.15, 0.2) is 0 Å². The van der Waals surface area contributed by atoms with Gasteiger partial charge in [0.2, 0.25) is 5.91 Å². The molecular formula is C15H20N2O3S. The minimum atomic E-state index is -0.592. The summed E-state index contributed by atoms with van der Waals surface area (Å²) in [5.41, 5.74) is 0. The van der Waals surface area contributed by atoms with Crippen molar-refractivity contribution in [2.24, 2.45) is 0 Å². The zero-order valence-electron chi connectivity index (χ0n) is 12.4. The molecule has 1 aromatic heterocycles. The first-order valence-corrected chi connectivity index (χ1v) is 7.56. The van der Waals surface area contributed by atoms with Gasteiger partial charge in [-0.05, 0) is 32.9 Å². The minimum Gasteiger partial charge on any atom is -0.395 e. The molecule has 1 aromatic rings. The molecule has 0 radical (unpaired) electrons. The summed E-state index contributed by atoms with van der Waals surface area (Å²) in [6.45, 7) is 5.39. The number of carbonyl (C=O) groups excluding carboxylic acids is 2. The van der Waals surface area contributed by atoms with E-state index < -0.39 is 6.04 Å². The van der Waals surface area contributed by atoms with Crippen molar-refractivity contribution in [1.82, 2.24) is 10.6 Å². The monoisotopic (exact) mass is 308 g/mol. The van der Waals surface area contributed by atoms with Crippen LogP contribution in [0.4, 0.5) is 0 Å². The van der Waals surface area contributed by atoms with Gasteiger partial charge in [0, 0.05) is 12.5 Å². The van der Waals surface area contributed by atoms with Crippen molar-refractivity contribution in [3.63, 3.8) is 0 Å². The second kappa shape index (κ2) is 8.45. The number of aliphatic hydroxyl groups is 1. The standard InChI is InChI=1S/C15H20N2O3S/c1-10(2)16-14(19)11(3)17-15(20)13-8-7-12(21-13)6-4-5-9-18/h7-8,10-11,18H,5,9H2,1-3H3,(H,16,19)(H,17,20). The number of amides is 2. The molecular weight excluding hydrogens is 288 g/mol. The van der Waals surface area contributed by atoms with Crippen molar-refractivity contribution in [2.45, 2.75) is 39.3 Å². The number of thiophene rings is 1. The third-order valence-electron chi connectivity index (χ3n) is 2.45. The Bertz CT molecular complexity index is 555. The summed E-state index contributed by atoms with van der Waals surface area (Å²) >= 11 is 1.26. The van der Waals surface area contributed by atoms with Gasteiger partial charge in [-0.25, -0.2) is 0 Å². The van der Waals surface area contributed by atoms with Crippen molar-refractivity contribution in [1.29, 1.82) is 0 Å². The molecule has 1 rings (SSSR count). The van der Waals surface area contributed by atoms with Gasteiger partial charge in [-0.2, -0.15) is 0 Å². The minimum absolute atomic E-state index is 0.0220. The molecule has 0 saturated heterocycles. The van der Waals surface area contributed by atoms with E-state index in [1.54, 1.807) is 19.1 Å². The van der Waals surface area contributed by atoms with E-state index in [-0.39, 0.29) is 24.5 Å². The maximum atomic E-state index is 12.0. The lowest BCUT2D eigenvalue weighted by Crippen LogP contribution is -2.46. The smallest absolute Gasteiger partial charge is 0.262 e. The lowest BCUT2D eigenvalue weighted by molar-refractivity contribution is -0.123. The highest BCUT2D eigenvalue weighted by molar-refractivity contribution is 7.14. The molecule has 3 N–H and O–H groups in total. The van der Waals surface area contributed by atoms with E-state index in [2.05, 4.69) is 22.5 Å². The predicted molar refractivity (Wildman–Crippen MR) is 83.1 cm³/mol. The van der Waals surface area contributed by atoms with Gasteiger partial charge >= 0.3 is 0 Å². The van der Waals surface area contributed by atoms with Crippen LogP contribution in [-0.2, 0) is 4.79 Å². The molecule has 114 valence electrons. The Balaban J connectivity index is 2.60. The van der Waals surface area contributed by atoms with Gasteiger partial charge in [-0.3, -0.25) is 9.59 Å². The fourth-order valence-electron chi connectivity index (χ4n) is 1.48. The average Bonchev–Trinajstić information content (AvgIpc) is 2.87. The summed E-state index contributed by atoms with van der Waals surface area (Å²) in [5, 5.41) is 14.0. The third kappa shape index (κ3) is 5.98. The Morgan fingerprint density at radius 1 is 1.29 bits per heavy atom. The van der Waals surface area contributed by atoms with Gasteiger partial charge in [-0.1, -0.05) is 11.8 Å². The molecule has 0 aliphatic carbocycles. The largest absolute Gasteiger partial charge is 0.395 e. The molecule has 0 saturated carbocycles. The SMILES string of the molecule is CC(C)NC(=O)C(C)NC(=O)c1ccc(C#CCCO)s1. The van der Waals surface area contributed by atoms with E-state index in [1.165, 1.54) is 11.3 Å². The Morgan fingerprint density at radius 3 is 2.62 bits per heavy atom. The van der Waals surface area contributed by atoms with Gasteiger partial charge in [0.05, 0.1) is 16.4 Å². The summed E-state index contributed by atoms with van der Waals surface area (Å²) in [4.78, 5) is 25.0. The normalized spacial score (nSPS) is 11.5. The van der Waals surface area contributed by atoms with E-state index >= 15 is 0 Å². The van der Waals surface area contributed by atoms with Crippen molar-refractivity contribution < 1.29 is 14.7 Å². The first-order valence-electron chi connectivity index (χ1n) is 6.75. The van der Waals surface area contributed by atoms with Crippen LogP contribution in [0.2, 0.25) is 0 Å². The zero-order valence-corrected chi connectivity index (χ0v) is 13.2. The van der Waals surface area contributed by atoms with Crippen molar-refractivity contribution in [3.8, 4) is 11.8 Å². The molecule has 1 heterocycles. The Morgan fingerprint density at radius 2 is 2.00 bits per heavy atom. The second-order valence-electron chi connectivity index (χ2n) is 4.80. The highest BCUT2D eigenvalue weighted by Crippen LogP contribution is 2.15. The highest BCUT2D eigenvalue weighted by Gasteiger charge is 2.18. The molecule has 6 heteroatoms. The Kier molecular flexibility index (Phi) is 6.92. The second-order valence-corrected chi connectivity index (χ2v) is 5.88. The number of hydrogen-bond donors (Lipinski definition) is 3. The zero-order chi connectivity index (χ0) is 15.8.